The van der Waals surface area contributed by atoms with E-state index in [1.807, 2.05) is 0 Å². The van der Waals surface area contributed by atoms with E-state index in [1.165, 1.54) is 15.9 Å². The SMILES string of the molecule is C1CO1.O=CCBr.c1ccc(P(c2ccccc2)c2ccccc2)cc1. The zero-order valence-electron chi connectivity index (χ0n) is 14.5. The van der Waals surface area contributed by atoms with Crippen LogP contribution in [0.15, 0.2) is 91.0 Å². The van der Waals surface area contributed by atoms with E-state index in [-0.39, 0.29) is 0 Å². The Morgan fingerprint density at radius 1 is 0.731 bits per heavy atom. The molecular formula is C22H22BrO2P. The predicted octanol–water partition coefficient (Wildman–Crippen LogP) is 4.04. The quantitative estimate of drug-likeness (QED) is 0.271. The van der Waals surface area contributed by atoms with Gasteiger partial charge in [0, 0.05) is 0 Å². The largest absolute Gasteiger partial charge is 0.377 e. The lowest BCUT2D eigenvalue weighted by atomic mass is 10.4. The van der Waals surface area contributed by atoms with E-state index in [1.54, 1.807) is 0 Å². The first-order valence-electron chi connectivity index (χ1n) is 8.39. The van der Waals surface area contributed by atoms with Gasteiger partial charge in [-0.05, 0) is 23.8 Å². The highest BCUT2D eigenvalue weighted by Crippen LogP contribution is 2.32. The highest BCUT2D eigenvalue weighted by atomic mass is 79.9. The molecule has 0 saturated carbocycles. The minimum absolute atomic E-state index is 0.446. The van der Waals surface area contributed by atoms with Crippen LogP contribution in [0.3, 0.4) is 0 Å². The third kappa shape index (κ3) is 7.61. The number of carbonyl (C=O) groups excluding carboxylic acids is 1. The molecule has 0 spiro atoms. The van der Waals surface area contributed by atoms with Crippen molar-refractivity contribution in [3.63, 3.8) is 0 Å². The molecule has 0 aromatic heterocycles. The zero-order chi connectivity index (χ0) is 18.5. The lowest BCUT2D eigenvalue weighted by molar-refractivity contribution is -0.105. The summed E-state index contributed by atoms with van der Waals surface area (Å²) in [5.41, 5.74) is 0. The van der Waals surface area contributed by atoms with Gasteiger partial charge in [-0.25, -0.2) is 0 Å². The van der Waals surface area contributed by atoms with Gasteiger partial charge in [0.05, 0.1) is 18.5 Å². The van der Waals surface area contributed by atoms with Gasteiger partial charge in [0.25, 0.3) is 0 Å². The fourth-order valence-electron chi connectivity index (χ4n) is 2.18. The second kappa shape index (κ2) is 12.5. The van der Waals surface area contributed by atoms with Gasteiger partial charge in [-0.15, -0.1) is 0 Å². The number of halogens is 1. The third-order valence-electron chi connectivity index (χ3n) is 3.31. The summed E-state index contributed by atoms with van der Waals surface area (Å²) in [6, 6.07) is 32.3. The van der Waals surface area contributed by atoms with E-state index >= 15 is 0 Å². The van der Waals surface area contributed by atoms with Gasteiger partial charge in [0.1, 0.15) is 6.29 Å². The van der Waals surface area contributed by atoms with Crippen molar-refractivity contribution in [1.82, 2.24) is 0 Å². The molecule has 0 atom stereocenters. The third-order valence-corrected chi connectivity index (χ3v) is 6.02. The van der Waals surface area contributed by atoms with E-state index in [0.29, 0.717) is 5.33 Å². The molecule has 4 heteroatoms. The number of carbonyl (C=O) groups is 1. The van der Waals surface area contributed by atoms with Crippen LogP contribution in [0.2, 0.25) is 0 Å². The fraction of sp³-hybridized carbons (Fsp3) is 0.136. The fourth-order valence-corrected chi connectivity index (χ4v) is 4.48. The molecule has 1 saturated heterocycles. The Morgan fingerprint density at radius 2 is 1.00 bits per heavy atom. The van der Waals surface area contributed by atoms with Gasteiger partial charge in [0.2, 0.25) is 0 Å². The molecule has 1 aliphatic rings. The molecule has 1 aliphatic heterocycles. The summed E-state index contributed by atoms with van der Waals surface area (Å²) >= 11 is 2.88. The maximum absolute atomic E-state index is 9.13. The molecule has 26 heavy (non-hydrogen) atoms. The molecule has 0 aliphatic carbocycles. The molecule has 0 unspecified atom stereocenters. The highest BCUT2D eigenvalue weighted by Gasteiger charge is 2.14. The van der Waals surface area contributed by atoms with E-state index in [9.17, 15) is 0 Å². The van der Waals surface area contributed by atoms with Gasteiger partial charge < -0.3 is 9.53 Å². The van der Waals surface area contributed by atoms with Crippen molar-refractivity contribution in [3.8, 4) is 0 Å². The molecule has 1 heterocycles. The Hall–Kier alpha value is -1.80. The molecule has 3 aromatic carbocycles. The standard InChI is InChI=1S/C18H15P.C2H3BrO.C2H4O/c1-4-10-16(11-5-1)19(17-12-6-2-7-13-17)18-14-8-3-9-15-18;3-1-2-4;1-2-3-1/h1-15H;2H,1H2;1-2H2. The second-order valence-corrected chi connectivity index (χ2v) is 8.14. The monoisotopic (exact) mass is 428 g/mol. The van der Waals surface area contributed by atoms with Crippen molar-refractivity contribution in [2.24, 2.45) is 0 Å². The number of aldehydes is 1. The number of ether oxygens (including phenoxy) is 1. The number of epoxide rings is 1. The van der Waals surface area contributed by atoms with Crippen molar-refractivity contribution in [2.75, 3.05) is 18.5 Å². The van der Waals surface area contributed by atoms with Crippen molar-refractivity contribution >= 4 is 46.1 Å². The van der Waals surface area contributed by atoms with E-state index in [4.69, 9.17) is 4.79 Å². The number of benzene rings is 3. The normalized spacial score (nSPS) is 11.5. The minimum atomic E-state index is -0.446. The van der Waals surface area contributed by atoms with Gasteiger partial charge in [-0.3, -0.25) is 0 Å². The van der Waals surface area contributed by atoms with Crippen LogP contribution in [0.1, 0.15) is 0 Å². The van der Waals surface area contributed by atoms with Crippen LogP contribution in [0.4, 0.5) is 0 Å². The van der Waals surface area contributed by atoms with Crippen LogP contribution in [0, 0.1) is 0 Å². The number of hydrogen-bond donors (Lipinski definition) is 0. The summed E-state index contributed by atoms with van der Waals surface area (Å²) in [5, 5.41) is 4.65. The van der Waals surface area contributed by atoms with E-state index in [2.05, 4.69) is 112 Å². The molecule has 3 aromatic rings. The van der Waals surface area contributed by atoms with Crippen LogP contribution in [-0.4, -0.2) is 24.8 Å². The Balaban J connectivity index is 0.000000294. The Kier molecular flexibility index (Phi) is 9.89. The Labute approximate surface area is 165 Å². The summed E-state index contributed by atoms with van der Waals surface area (Å²) < 4.78 is 4.50. The van der Waals surface area contributed by atoms with Crippen molar-refractivity contribution in [3.05, 3.63) is 91.0 Å². The molecule has 0 N–H and O–H groups in total. The minimum Gasteiger partial charge on any atom is -0.377 e. The number of hydrogen-bond acceptors (Lipinski definition) is 2. The average Bonchev–Trinajstić information content (AvgIpc) is 3.60. The van der Waals surface area contributed by atoms with Gasteiger partial charge in [0.15, 0.2) is 0 Å². The first-order chi connectivity index (χ1) is 12.9. The van der Waals surface area contributed by atoms with Crippen LogP contribution in [0.25, 0.3) is 0 Å². The van der Waals surface area contributed by atoms with Crippen LogP contribution >= 0.6 is 23.9 Å². The second-order valence-electron chi connectivity index (χ2n) is 5.28. The maximum atomic E-state index is 9.13. The maximum Gasteiger partial charge on any atom is 0.130 e. The molecule has 0 bridgehead atoms. The zero-order valence-corrected chi connectivity index (χ0v) is 17.0. The average molecular weight is 429 g/mol. The molecule has 0 amide bonds. The summed E-state index contributed by atoms with van der Waals surface area (Å²) in [4.78, 5) is 9.13. The van der Waals surface area contributed by atoms with Crippen LogP contribution in [0.5, 0.6) is 0 Å². The molecule has 0 radical (unpaired) electrons. The van der Waals surface area contributed by atoms with E-state index in [0.717, 1.165) is 19.5 Å². The molecular weight excluding hydrogens is 407 g/mol. The Morgan fingerprint density at radius 3 is 1.19 bits per heavy atom. The van der Waals surface area contributed by atoms with Gasteiger partial charge in [-0.1, -0.05) is 107 Å². The lowest BCUT2D eigenvalue weighted by Gasteiger charge is -2.18. The first kappa shape index (κ1) is 20.5. The first-order valence-corrected chi connectivity index (χ1v) is 10.9. The number of rotatable bonds is 4. The molecule has 4 rings (SSSR count). The lowest BCUT2D eigenvalue weighted by Crippen LogP contribution is -2.20. The highest BCUT2D eigenvalue weighted by molar-refractivity contribution is 9.09. The Bertz CT molecular complexity index is 637. The topological polar surface area (TPSA) is 29.6 Å². The molecule has 134 valence electrons. The van der Waals surface area contributed by atoms with Gasteiger partial charge >= 0.3 is 0 Å². The van der Waals surface area contributed by atoms with Crippen molar-refractivity contribution in [2.45, 2.75) is 0 Å². The van der Waals surface area contributed by atoms with Gasteiger partial charge in [-0.2, -0.15) is 0 Å². The van der Waals surface area contributed by atoms with Crippen molar-refractivity contribution in [1.29, 1.82) is 0 Å². The van der Waals surface area contributed by atoms with Crippen LogP contribution < -0.4 is 15.9 Å². The van der Waals surface area contributed by atoms with E-state index < -0.39 is 7.92 Å². The van der Waals surface area contributed by atoms with Crippen LogP contribution in [-0.2, 0) is 9.53 Å². The summed E-state index contributed by atoms with van der Waals surface area (Å²) in [7, 11) is -0.446. The summed E-state index contributed by atoms with van der Waals surface area (Å²) in [6.45, 7) is 2.00. The van der Waals surface area contributed by atoms with Crippen molar-refractivity contribution < 1.29 is 9.53 Å². The smallest absolute Gasteiger partial charge is 0.130 e. The predicted molar refractivity (Wildman–Crippen MR) is 116 cm³/mol. The number of alkyl halides is 1. The molecule has 2 nitrogen and oxygen atoms in total. The molecule has 1 fully saturated rings. The summed E-state index contributed by atoms with van der Waals surface area (Å²) in [6.07, 6.45) is 0.792. The summed E-state index contributed by atoms with van der Waals surface area (Å²) in [5.74, 6) is 0.